The van der Waals surface area contributed by atoms with Gasteiger partial charge in [-0.2, -0.15) is 0 Å². The first kappa shape index (κ1) is 29.3. The Kier molecular flexibility index (Phi) is 6.75. The van der Waals surface area contributed by atoms with Crippen molar-refractivity contribution in [2.24, 2.45) is 0 Å². The van der Waals surface area contributed by atoms with E-state index in [4.69, 9.17) is 0 Å². The zero-order valence-electron chi connectivity index (χ0n) is 28.0. The predicted molar refractivity (Wildman–Crippen MR) is 212 cm³/mol. The molecule has 8 aromatic carbocycles. The molecule has 0 bridgehead atoms. The molecule has 1 aliphatic heterocycles. The van der Waals surface area contributed by atoms with E-state index in [2.05, 4.69) is 216 Å². The standard InChI is InChI=1S/C49H34N2/c1-4-17-35(18-5-1)36-19-16-24-39(33-36)50(37-20-6-2-7-21-37)40-31-32-46-48(34-40)51(38-22-8-3-9-23-38)47-30-15-14-29-45(47)49(46)43-27-12-10-25-41(43)42-26-11-13-28-44(42)49/h1-34H. The molecule has 0 fully saturated rings. The summed E-state index contributed by atoms with van der Waals surface area (Å²) in [4.78, 5) is 4.85. The number of anilines is 6. The maximum atomic E-state index is 2.46. The molecule has 10 rings (SSSR count). The molecule has 0 amide bonds. The monoisotopic (exact) mass is 650 g/mol. The Morgan fingerprint density at radius 3 is 1.55 bits per heavy atom. The molecule has 1 aliphatic carbocycles. The Bertz CT molecular complexity index is 2490. The van der Waals surface area contributed by atoms with Crippen LogP contribution in [0, 0.1) is 0 Å². The zero-order chi connectivity index (χ0) is 33.8. The summed E-state index contributed by atoms with van der Waals surface area (Å²) in [5, 5.41) is 0. The Hall–Kier alpha value is -6.64. The van der Waals surface area contributed by atoms with Gasteiger partial charge >= 0.3 is 0 Å². The molecule has 0 aromatic heterocycles. The molecular formula is C49H34N2. The van der Waals surface area contributed by atoms with Crippen molar-refractivity contribution in [2.75, 3.05) is 9.80 Å². The summed E-state index contributed by atoms with van der Waals surface area (Å²) in [6.07, 6.45) is 0. The molecule has 2 aliphatic rings. The third-order valence-electron chi connectivity index (χ3n) is 10.6. The van der Waals surface area contributed by atoms with Crippen LogP contribution in [0.2, 0.25) is 0 Å². The van der Waals surface area contributed by atoms with Gasteiger partial charge in [0.05, 0.1) is 16.8 Å². The lowest BCUT2D eigenvalue weighted by atomic mass is 9.64. The molecule has 8 aromatic rings. The zero-order valence-corrected chi connectivity index (χ0v) is 28.0. The first-order valence-electron chi connectivity index (χ1n) is 17.6. The number of hydrogen-bond acceptors (Lipinski definition) is 2. The summed E-state index contributed by atoms with van der Waals surface area (Å²) in [6.45, 7) is 0. The highest BCUT2D eigenvalue weighted by Crippen LogP contribution is 2.63. The van der Waals surface area contributed by atoms with E-state index >= 15 is 0 Å². The van der Waals surface area contributed by atoms with Gasteiger partial charge in [-0.25, -0.2) is 0 Å². The van der Waals surface area contributed by atoms with Crippen LogP contribution in [0.3, 0.4) is 0 Å². The SMILES string of the molecule is c1ccc(-c2cccc(N(c3ccccc3)c3ccc4c(c3)N(c3ccccc3)c3ccccc3C43c4ccccc4-c4ccccc43)c2)cc1. The van der Waals surface area contributed by atoms with Crippen molar-refractivity contribution in [1.29, 1.82) is 0 Å². The summed E-state index contributed by atoms with van der Waals surface area (Å²) < 4.78 is 0. The average molecular weight is 651 g/mol. The van der Waals surface area contributed by atoms with Gasteiger partial charge in [-0.1, -0.05) is 152 Å². The minimum atomic E-state index is -0.478. The highest BCUT2D eigenvalue weighted by Gasteiger charge is 2.51. The summed E-state index contributed by atoms with van der Waals surface area (Å²) in [5.74, 6) is 0. The van der Waals surface area contributed by atoms with E-state index in [-0.39, 0.29) is 0 Å². The number of para-hydroxylation sites is 3. The topological polar surface area (TPSA) is 6.48 Å². The van der Waals surface area contributed by atoms with Gasteiger partial charge in [0.15, 0.2) is 0 Å². The van der Waals surface area contributed by atoms with Crippen LogP contribution in [-0.2, 0) is 5.41 Å². The van der Waals surface area contributed by atoms with E-state index in [9.17, 15) is 0 Å². The van der Waals surface area contributed by atoms with Crippen molar-refractivity contribution in [3.8, 4) is 22.3 Å². The minimum Gasteiger partial charge on any atom is -0.310 e. The van der Waals surface area contributed by atoms with Gasteiger partial charge in [0.2, 0.25) is 0 Å². The molecule has 0 radical (unpaired) electrons. The molecule has 1 spiro atoms. The van der Waals surface area contributed by atoms with Crippen LogP contribution in [0.15, 0.2) is 206 Å². The Morgan fingerprint density at radius 2 is 0.843 bits per heavy atom. The van der Waals surface area contributed by atoms with Crippen LogP contribution in [0.5, 0.6) is 0 Å². The highest BCUT2D eigenvalue weighted by atomic mass is 15.2. The molecule has 51 heavy (non-hydrogen) atoms. The van der Waals surface area contributed by atoms with Crippen LogP contribution in [0.25, 0.3) is 22.3 Å². The van der Waals surface area contributed by atoms with Crippen molar-refractivity contribution in [2.45, 2.75) is 5.41 Å². The molecule has 2 nitrogen and oxygen atoms in total. The number of fused-ring (bicyclic) bond motifs is 9. The Labute approximate surface area is 299 Å². The van der Waals surface area contributed by atoms with Gasteiger partial charge in [0.1, 0.15) is 0 Å². The Morgan fingerprint density at radius 1 is 0.333 bits per heavy atom. The van der Waals surface area contributed by atoms with Crippen LogP contribution >= 0.6 is 0 Å². The maximum Gasteiger partial charge on any atom is 0.0754 e. The number of rotatable bonds is 5. The normalized spacial score (nSPS) is 13.2. The lowest BCUT2D eigenvalue weighted by Gasteiger charge is -2.45. The first-order valence-corrected chi connectivity index (χ1v) is 17.6. The average Bonchev–Trinajstić information content (AvgIpc) is 3.50. The van der Waals surface area contributed by atoms with E-state index in [1.807, 2.05) is 0 Å². The van der Waals surface area contributed by atoms with E-state index < -0.39 is 5.41 Å². The van der Waals surface area contributed by atoms with Crippen molar-refractivity contribution in [3.05, 3.63) is 229 Å². The molecule has 1 heterocycles. The molecule has 2 heteroatoms. The van der Waals surface area contributed by atoms with Crippen molar-refractivity contribution in [3.63, 3.8) is 0 Å². The fourth-order valence-corrected chi connectivity index (χ4v) is 8.57. The van der Waals surface area contributed by atoms with E-state index in [0.717, 1.165) is 22.7 Å². The summed E-state index contributed by atoms with van der Waals surface area (Å²) >= 11 is 0. The first-order chi connectivity index (χ1) is 25.3. The van der Waals surface area contributed by atoms with Crippen LogP contribution in [0.1, 0.15) is 22.3 Å². The fourth-order valence-electron chi connectivity index (χ4n) is 8.57. The predicted octanol–water partition coefficient (Wildman–Crippen LogP) is 13.0. The molecule has 0 unspecified atom stereocenters. The molecule has 240 valence electrons. The molecule has 0 saturated carbocycles. The van der Waals surface area contributed by atoms with Crippen molar-refractivity contribution >= 4 is 34.1 Å². The quantitative estimate of drug-likeness (QED) is 0.183. The second-order valence-corrected chi connectivity index (χ2v) is 13.3. The van der Waals surface area contributed by atoms with Gasteiger partial charge in [-0.15, -0.1) is 0 Å². The number of benzene rings is 8. The third kappa shape index (κ3) is 4.43. The Balaban J connectivity index is 1.27. The lowest BCUT2D eigenvalue weighted by molar-refractivity contribution is 0.752. The van der Waals surface area contributed by atoms with Crippen LogP contribution < -0.4 is 9.80 Å². The largest absolute Gasteiger partial charge is 0.310 e. The highest BCUT2D eigenvalue weighted by molar-refractivity contribution is 5.97. The fraction of sp³-hybridized carbons (Fsp3) is 0.0204. The molecule has 0 N–H and O–H groups in total. The maximum absolute atomic E-state index is 2.46. The molecular weight excluding hydrogens is 617 g/mol. The smallest absolute Gasteiger partial charge is 0.0754 e. The van der Waals surface area contributed by atoms with Crippen molar-refractivity contribution in [1.82, 2.24) is 0 Å². The number of nitrogens with zero attached hydrogens (tertiary/aromatic N) is 2. The molecule has 0 saturated heterocycles. The second-order valence-electron chi connectivity index (χ2n) is 13.3. The van der Waals surface area contributed by atoms with Gasteiger partial charge in [0.25, 0.3) is 0 Å². The summed E-state index contributed by atoms with van der Waals surface area (Å²) in [7, 11) is 0. The van der Waals surface area contributed by atoms with Gasteiger partial charge in [-0.05, 0) is 99.1 Å². The van der Waals surface area contributed by atoms with Gasteiger partial charge < -0.3 is 9.80 Å². The van der Waals surface area contributed by atoms with Crippen molar-refractivity contribution < 1.29 is 0 Å². The van der Waals surface area contributed by atoms with E-state index in [1.165, 1.54) is 55.9 Å². The van der Waals surface area contributed by atoms with E-state index in [1.54, 1.807) is 0 Å². The third-order valence-corrected chi connectivity index (χ3v) is 10.6. The number of hydrogen-bond donors (Lipinski definition) is 0. The van der Waals surface area contributed by atoms with Gasteiger partial charge in [0, 0.05) is 22.7 Å². The molecule has 0 atom stereocenters. The summed E-state index contributed by atoms with van der Waals surface area (Å²) in [5.41, 5.74) is 16.5. The van der Waals surface area contributed by atoms with Crippen LogP contribution in [0.4, 0.5) is 34.1 Å². The summed E-state index contributed by atoms with van der Waals surface area (Å²) in [6, 6.07) is 75.2. The second kappa shape index (κ2) is 11.8. The van der Waals surface area contributed by atoms with Gasteiger partial charge in [-0.3, -0.25) is 0 Å². The minimum absolute atomic E-state index is 0.478. The lowest BCUT2D eigenvalue weighted by Crippen LogP contribution is -2.36. The van der Waals surface area contributed by atoms with Crippen LogP contribution in [-0.4, -0.2) is 0 Å². The van der Waals surface area contributed by atoms with E-state index in [0.29, 0.717) is 0 Å².